The molecule has 0 saturated carbocycles. The Bertz CT molecular complexity index is 689. The van der Waals surface area contributed by atoms with Crippen molar-refractivity contribution in [3.05, 3.63) is 41.4 Å². The fraction of sp³-hybridized carbons (Fsp3) is 0.167. The van der Waals surface area contributed by atoms with E-state index in [0.29, 0.717) is 16.5 Å². The molecule has 106 valence electrons. The van der Waals surface area contributed by atoms with E-state index < -0.39 is 10.0 Å². The van der Waals surface area contributed by atoms with Crippen LogP contribution < -0.4 is 10.0 Å². The summed E-state index contributed by atoms with van der Waals surface area (Å²) in [6.45, 7) is 1.54. The summed E-state index contributed by atoms with van der Waals surface area (Å²) in [5.41, 5.74) is 0.699. The molecule has 0 bridgehead atoms. The molecule has 0 aliphatic carbocycles. The molecule has 2 N–H and O–H groups in total. The number of anilines is 3. The number of benzene rings is 1. The smallest absolute Gasteiger partial charge is 0.233 e. The van der Waals surface area contributed by atoms with Crippen LogP contribution in [0.25, 0.3) is 0 Å². The second-order valence-corrected chi connectivity index (χ2v) is 6.33. The molecular formula is C12H13ClN4O2S. The van der Waals surface area contributed by atoms with Crippen molar-refractivity contribution in [3.63, 3.8) is 0 Å². The quantitative estimate of drug-likeness (QED) is 0.886. The van der Waals surface area contributed by atoms with Crippen molar-refractivity contribution in [2.75, 3.05) is 15.8 Å². The molecule has 2 aromatic rings. The predicted molar refractivity (Wildman–Crippen MR) is 79.9 cm³/mol. The molecule has 0 amide bonds. The highest BCUT2D eigenvalue weighted by Gasteiger charge is 2.08. The molecule has 8 heteroatoms. The predicted octanol–water partition coefficient (Wildman–Crippen LogP) is 2.64. The maximum absolute atomic E-state index is 11.4. The highest BCUT2D eigenvalue weighted by atomic mass is 35.5. The number of hydrogen-bond acceptors (Lipinski definition) is 5. The Hall–Kier alpha value is -1.86. The number of halogens is 1. The van der Waals surface area contributed by atoms with Gasteiger partial charge in [-0.3, -0.25) is 4.72 Å². The molecule has 0 radical (unpaired) electrons. The molecule has 1 heterocycles. The summed E-state index contributed by atoms with van der Waals surface area (Å²) in [7, 11) is -3.35. The second kappa shape index (κ2) is 6.06. The average Bonchev–Trinajstić information content (AvgIpc) is 2.43. The van der Waals surface area contributed by atoms with Crippen molar-refractivity contribution >= 4 is 38.9 Å². The summed E-state index contributed by atoms with van der Waals surface area (Å²) in [6.07, 6.45) is 0. The van der Waals surface area contributed by atoms with E-state index >= 15 is 0 Å². The Labute approximate surface area is 122 Å². The summed E-state index contributed by atoms with van der Waals surface area (Å²) < 4.78 is 25.1. The second-order valence-electron chi connectivity index (χ2n) is 3.91. The van der Waals surface area contributed by atoms with Gasteiger partial charge in [0.15, 0.2) is 11.6 Å². The van der Waals surface area contributed by atoms with Gasteiger partial charge in [0, 0.05) is 0 Å². The zero-order valence-electron chi connectivity index (χ0n) is 10.7. The number of rotatable bonds is 5. The normalized spacial score (nSPS) is 11.1. The van der Waals surface area contributed by atoms with Gasteiger partial charge in [0.2, 0.25) is 10.0 Å². The minimum atomic E-state index is -3.35. The van der Waals surface area contributed by atoms with Crippen LogP contribution in [0.1, 0.15) is 6.92 Å². The molecule has 0 fully saturated rings. The van der Waals surface area contributed by atoms with Gasteiger partial charge in [0.1, 0.15) is 0 Å². The standard InChI is InChI=1S/C12H13ClN4O2S/c1-2-20(18,19)17-12-8-7-11(15-16-12)14-10-6-4-3-5-9(10)13/h3-8H,2H2,1H3,(H,14,15)(H,16,17). The van der Waals surface area contributed by atoms with E-state index in [1.165, 1.54) is 6.07 Å². The molecule has 1 aromatic carbocycles. The van der Waals surface area contributed by atoms with Crippen molar-refractivity contribution in [1.29, 1.82) is 0 Å². The van der Waals surface area contributed by atoms with E-state index in [0.717, 1.165) is 0 Å². The molecule has 20 heavy (non-hydrogen) atoms. The number of nitrogens with zero attached hydrogens (tertiary/aromatic N) is 2. The highest BCUT2D eigenvalue weighted by Crippen LogP contribution is 2.23. The summed E-state index contributed by atoms with van der Waals surface area (Å²) in [4.78, 5) is 0. The molecule has 0 aliphatic rings. The van der Waals surface area contributed by atoms with Crippen LogP contribution in [-0.4, -0.2) is 24.4 Å². The fourth-order valence-corrected chi connectivity index (χ4v) is 2.14. The van der Waals surface area contributed by atoms with Gasteiger partial charge >= 0.3 is 0 Å². The summed E-state index contributed by atoms with van der Waals surface area (Å²) in [6, 6.07) is 10.4. The number of aromatic nitrogens is 2. The number of nitrogens with one attached hydrogen (secondary N) is 2. The van der Waals surface area contributed by atoms with Gasteiger partial charge in [-0.15, -0.1) is 10.2 Å². The molecular weight excluding hydrogens is 300 g/mol. The zero-order valence-corrected chi connectivity index (χ0v) is 12.2. The van der Waals surface area contributed by atoms with Gasteiger partial charge in [-0.2, -0.15) is 0 Å². The van der Waals surface area contributed by atoms with Gasteiger partial charge in [-0.05, 0) is 31.2 Å². The molecule has 0 unspecified atom stereocenters. The van der Waals surface area contributed by atoms with Crippen LogP contribution >= 0.6 is 11.6 Å². The fourth-order valence-electron chi connectivity index (χ4n) is 1.39. The molecule has 1 aromatic heterocycles. The number of hydrogen-bond donors (Lipinski definition) is 2. The van der Waals surface area contributed by atoms with Crippen LogP contribution in [0, 0.1) is 0 Å². The third kappa shape index (κ3) is 3.82. The van der Waals surface area contributed by atoms with Crippen LogP contribution in [0.2, 0.25) is 5.02 Å². The Kier molecular flexibility index (Phi) is 4.41. The summed E-state index contributed by atoms with van der Waals surface area (Å²) >= 11 is 6.01. The molecule has 6 nitrogen and oxygen atoms in total. The van der Waals surface area contributed by atoms with Crippen molar-refractivity contribution in [2.45, 2.75) is 6.92 Å². The van der Waals surface area contributed by atoms with Gasteiger partial charge < -0.3 is 5.32 Å². The molecule has 0 aliphatic heterocycles. The van der Waals surface area contributed by atoms with E-state index in [9.17, 15) is 8.42 Å². The van der Waals surface area contributed by atoms with Crippen LogP contribution in [0.5, 0.6) is 0 Å². The van der Waals surface area contributed by atoms with Crippen molar-refractivity contribution < 1.29 is 8.42 Å². The maximum Gasteiger partial charge on any atom is 0.233 e. The SMILES string of the molecule is CCS(=O)(=O)Nc1ccc(Nc2ccccc2Cl)nn1. The maximum atomic E-state index is 11.4. The first kappa shape index (κ1) is 14.5. The van der Waals surface area contributed by atoms with Gasteiger partial charge in [-0.25, -0.2) is 8.42 Å². The first-order valence-electron chi connectivity index (χ1n) is 5.86. The van der Waals surface area contributed by atoms with E-state index in [4.69, 9.17) is 11.6 Å². The first-order chi connectivity index (χ1) is 9.50. The third-order valence-electron chi connectivity index (χ3n) is 2.44. The van der Waals surface area contributed by atoms with E-state index in [1.54, 1.807) is 25.1 Å². The lowest BCUT2D eigenvalue weighted by Crippen LogP contribution is -2.15. The minimum absolute atomic E-state index is 0.0195. The zero-order chi connectivity index (χ0) is 14.6. The van der Waals surface area contributed by atoms with Crippen LogP contribution in [-0.2, 0) is 10.0 Å². The monoisotopic (exact) mass is 312 g/mol. The van der Waals surface area contributed by atoms with Crippen LogP contribution in [0.4, 0.5) is 17.3 Å². The van der Waals surface area contributed by atoms with Crippen molar-refractivity contribution in [3.8, 4) is 0 Å². The topological polar surface area (TPSA) is 84.0 Å². The summed E-state index contributed by atoms with van der Waals surface area (Å²) in [5.74, 6) is 0.628. The largest absolute Gasteiger partial charge is 0.338 e. The van der Waals surface area contributed by atoms with Gasteiger partial charge in [0.25, 0.3) is 0 Å². The van der Waals surface area contributed by atoms with Crippen LogP contribution in [0.3, 0.4) is 0 Å². The number of sulfonamides is 1. The lowest BCUT2D eigenvalue weighted by Gasteiger charge is -2.08. The Balaban J connectivity index is 2.11. The van der Waals surface area contributed by atoms with Gasteiger partial charge in [-0.1, -0.05) is 23.7 Å². The Morgan fingerprint density at radius 2 is 1.75 bits per heavy atom. The first-order valence-corrected chi connectivity index (χ1v) is 7.89. The third-order valence-corrected chi connectivity index (χ3v) is 4.05. The lowest BCUT2D eigenvalue weighted by atomic mass is 10.3. The molecule has 0 atom stereocenters. The van der Waals surface area contributed by atoms with Crippen molar-refractivity contribution in [1.82, 2.24) is 10.2 Å². The average molecular weight is 313 g/mol. The Morgan fingerprint density at radius 1 is 1.10 bits per heavy atom. The highest BCUT2D eigenvalue weighted by molar-refractivity contribution is 7.92. The summed E-state index contributed by atoms with van der Waals surface area (Å²) in [5, 5.41) is 11.2. The molecule has 0 saturated heterocycles. The van der Waals surface area contributed by atoms with Gasteiger partial charge in [0.05, 0.1) is 16.5 Å². The lowest BCUT2D eigenvalue weighted by molar-refractivity contribution is 0.602. The minimum Gasteiger partial charge on any atom is -0.338 e. The van der Waals surface area contributed by atoms with E-state index in [2.05, 4.69) is 20.2 Å². The van der Waals surface area contributed by atoms with E-state index in [1.807, 2.05) is 12.1 Å². The Morgan fingerprint density at radius 3 is 2.35 bits per heavy atom. The van der Waals surface area contributed by atoms with Crippen molar-refractivity contribution in [2.24, 2.45) is 0 Å². The van der Waals surface area contributed by atoms with E-state index in [-0.39, 0.29) is 11.6 Å². The number of para-hydroxylation sites is 1. The van der Waals surface area contributed by atoms with Crippen LogP contribution in [0.15, 0.2) is 36.4 Å². The molecule has 2 rings (SSSR count). The molecule has 0 spiro atoms.